The highest BCUT2D eigenvalue weighted by Gasteiger charge is 2.44. The molecule has 24 heavy (non-hydrogen) atoms. The Kier molecular flexibility index (Phi) is 4.69. The van der Waals surface area contributed by atoms with E-state index < -0.39 is 6.04 Å². The lowest BCUT2D eigenvalue weighted by Gasteiger charge is -2.30. The molecule has 5 heteroatoms. The summed E-state index contributed by atoms with van der Waals surface area (Å²) in [4.78, 5) is 26.8. The molecular formula is C19H18ClNO3. The largest absolute Gasteiger partial charge is 0.396 e. The molecule has 1 aliphatic rings. The lowest BCUT2D eigenvalue weighted by Crippen LogP contribution is -2.43. The van der Waals surface area contributed by atoms with E-state index >= 15 is 0 Å². The number of fused-ring (bicyclic) bond motifs is 1. The van der Waals surface area contributed by atoms with Crippen LogP contribution >= 0.6 is 11.6 Å². The molecule has 0 saturated heterocycles. The van der Waals surface area contributed by atoms with Crippen molar-refractivity contribution >= 4 is 29.0 Å². The Balaban J connectivity index is 2.12. The standard InChI is InChI=1S/C19H18ClNO3/c1-12(23)21-17-9-5-3-7-15(17)19(24)18(21)14(10-11-22)13-6-2-4-8-16(13)20/h2-9,14,18,22H,10-11H2,1H3/t14-,18+/m0/s1. The fourth-order valence-corrected chi connectivity index (χ4v) is 3.72. The summed E-state index contributed by atoms with van der Waals surface area (Å²) in [5, 5.41) is 10.1. The first kappa shape index (κ1) is 16.7. The summed E-state index contributed by atoms with van der Waals surface area (Å²) in [5.74, 6) is -0.681. The molecule has 1 N–H and O–H groups in total. The summed E-state index contributed by atoms with van der Waals surface area (Å²) in [6.45, 7) is 1.35. The van der Waals surface area contributed by atoms with Crippen LogP contribution in [0.2, 0.25) is 5.02 Å². The van der Waals surface area contributed by atoms with Gasteiger partial charge in [0, 0.05) is 30.0 Å². The van der Waals surface area contributed by atoms with Crippen LogP contribution in [0, 0.1) is 0 Å². The summed E-state index contributed by atoms with van der Waals surface area (Å²) < 4.78 is 0. The van der Waals surface area contributed by atoms with Crippen LogP contribution in [-0.2, 0) is 4.79 Å². The number of benzene rings is 2. The van der Waals surface area contributed by atoms with Gasteiger partial charge in [0.2, 0.25) is 5.91 Å². The molecule has 0 aromatic heterocycles. The van der Waals surface area contributed by atoms with Crippen molar-refractivity contribution in [3.63, 3.8) is 0 Å². The van der Waals surface area contributed by atoms with Gasteiger partial charge in [0.25, 0.3) is 0 Å². The van der Waals surface area contributed by atoms with Crippen molar-refractivity contribution < 1.29 is 14.7 Å². The van der Waals surface area contributed by atoms with Gasteiger partial charge in [-0.15, -0.1) is 0 Å². The number of ketones is 1. The van der Waals surface area contributed by atoms with Crippen LogP contribution in [0.1, 0.15) is 35.2 Å². The third-order valence-corrected chi connectivity index (χ3v) is 4.79. The molecule has 2 aromatic rings. The summed E-state index contributed by atoms with van der Waals surface area (Å²) >= 11 is 6.32. The Morgan fingerprint density at radius 3 is 2.54 bits per heavy atom. The Bertz CT molecular complexity index is 790. The lowest BCUT2D eigenvalue weighted by atomic mass is 9.86. The predicted octanol–water partition coefficient (Wildman–Crippen LogP) is 3.42. The molecule has 3 rings (SSSR count). The molecule has 2 aromatic carbocycles. The van der Waals surface area contributed by atoms with Crippen molar-refractivity contribution in [2.75, 3.05) is 11.5 Å². The highest BCUT2D eigenvalue weighted by atomic mass is 35.5. The minimum atomic E-state index is -0.688. The molecule has 0 aliphatic carbocycles. The number of rotatable bonds is 4. The number of para-hydroxylation sites is 1. The fourth-order valence-electron chi connectivity index (χ4n) is 3.44. The van der Waals surface area contributed by atoms with Gasteiger partial charge < -0.3 is 10.0 Å². The van der Waals surface area contributed by atoms with Gasteiger partial charge in [-0.2, -0.15) is 0 Å². The van der Waals surface area contributed by atoms with Crippen molar-refractivity contribution in [1.29, 1.82) is 0 Å². The van der Waals surface area contributed by atoms with Crippen LogP contribution in [0.5, 0.6) is 0 Å². The van der Waals surface area contributed by atoms with Crippen LogP contribution in [0.3, 0.4) is 0 Å². The lowest BCUT2D eigenvalue weighted by molar-refractivity contribution is -0.116. The predicted molar refractivity (Wildman–Crippen MR) is 93.6 cm³/mol. The minimum Gasteiger partial charge on any atom is -0.396 e. The number of nitrogens with zero attached hydrogens (tertiary/aromatic N) is 1. The molecule has 2 atom stereocenters. The number of anilines is 1. The topological polar surface area (TPSA) is 57.6 Å². The van der Waals surface area contributed by atoms with E-state index in [1.165, 1.54) is 11.8 Å². The molecular weight excluding hydrogens is 326 g/mol. The third kappa shape index (κ3) is 2.72. The zero-order chi connectivity index (χ0) is 17.3. The molecule has 124 valence electrons. The maximum atomic E-state index is 13.0. The van der Waals surface area contributed by atoms with E-state index in [1.54, 1.807) is 30.3 Å². The Morgan fingerprint density at radius 2 is 1.88 bits per heavy atom. The first-order valence-electron chi connectivity index (χ1n) is 7.84. The number of amides is 1. The van der Waals surface area contributed by atoms with Crippen LogP contribution < -0.4 is 4.90 Å². The molecule has 0 fully saturated rings. The second-order valence-corrected chi connectivity index (χ2v) is 6.26. The number of halogens is 1. The van der Waals surface area contributed by atoms with Gasteiger partial charge in [0.15, 0.2) is 5.78 Å². The number of aliphatic hydroxyl groups excluding tert-OH is 1. The second-order valence-electron chi connectivity index (χ2n) is 5.86. The highest BCUT2D eigenvalue weighted by molar-refractivity contribution is 6.31. The van der Waals surface area contributed by atoms with Crippen molar-refractivity contribution in [3.05, 3.63) is 64.7 Å². The van der Waals surface area contributed by atoms with E-state index in [9.17, 15) is 14.7 Å². The van der Waals surface area contributed by atoms with E-state index in [-0.39, 0.29) is 24.2 Å². The second kappa shape index (κ2) is 6.75. The van der Waals surface area contributed by atoms with Crippen LogP contribution in [0.4, 0.5) is 5.69 Å². The summed E-state index contributed by atoms with van der Waals surface area (Å²) in [7, 11) is 0. The molecule has 0 spiro atoms. The van der Waals surface area contributed by atoms with Crippen molar-refractivity contribution in [2.24, 2.45) is 0 Å². The average molecular weight is 344 g/mol. The Morgan fingerprint density at radius 1 is 1.21 bits per heavy atom. The Hall–Kier alpha value is -2.17. The molecule has 0 bridgehead atoms. The highest BCUT2D eigenvalue weighted by Crippen LogP contribution is 2.41. The monoisotopic (exact) mass is 343 g/mol. The number of Topliss-reactive ketones (excluding diaryl/α,β-unsaturated/α-hetero) is 1. The smallest absolute Gasteiger partial charge is 0.224 e. The van der Waals surface area contributed by atoms with Crippen LogP contribution in [-0.4, -0.2) is 29.4 Å². The number of hydrogen-bond donors (Lipinski definition) is 1. The van der Waals surface area contributed by atoms with Gasteiger partial charge in [-0.05, 0) is 30.2 Å². The molecule has 1 aliphatic heterocycles. The van der Waals surface area contributed by atoms with Crippen LogP contribution in [0.15, 0.2) is 48.5 Å². The first-order chi connectivity index (χ1) is 11.6. The number of aliphatic hydroxyl groups is 1. The van der Waals surface area contributed by atoms with Crippen molar-refractivity contribution in [1.82, 2.24) is 0 Å². The molecule has 4 nitrogen and oxygen atoms in total. The van der Waals surface area contributed by atoms with Gasteiger partial charge >= 0.3 is 0 Å². The van der Waals surface area contributed by atoms with Crippen molar-refractivity contribution in [3.8, 4) is 0 Å². The zero-order valence-electron chi connectivity index (χ0n) is 13.3. The summed E-state index contributed by atoms with van der Waals surface area (Å²) in [6.07, 6.45) is 0.345. The van der Waals surface area contributed by atoms with E-state index in [0.717, 1.165) is 5.56 Å². The zero-order valence-corrected chi connectivity index (χ0v) is 14.0. The number of hydrogen-bond acceptors (Lipinski definition) is 3. The number of carbonyl (C=O) groups is 2. The maximum absolute atomic E-state index is 13.0. The van der Waals surface area contributed by atoms with E-state index in [2.05, 4.69) is 0 Å². The minimum absolute atomic E-state index is 0.0955. The van der Waals surface area contributed by atoms with Gasteiger partial charge in [-0.25, -0.2) is 0 Å². The summed E-state index contributed by atoms with van der Waals surface area (Å²) in [6, 6.07) is 13.7. The van der Waals surface area contributed by atoms with Crippen LogP contribution in [0.25, 0.3) is 0 Å². The molecule has 1 heterocycles. The molecule has 1 amide bonds. The van der Waals surface area contributed by atoms with Crippen molar-refractivity contribution in [2.45, 2.75) is 25.3 Å². The molecule has 0 unspecified atom stereocenters. The van der Waals surface area contributed by atoms with E-state index in [1.807, 2.05) is 18.2 Å². The van der Waals surface area contributed by atoms with E-state index in [4.69, 9.17) is 11.6 Å². The van der Waals surface area contributed by atoms with Gasteiger partial charge in [-0.1, -0.05) is 41.9 Å². The SMILES string of the molecule is CC(=O)N1c2ccccc2C(=O)[C@H]1[C@@H](CCO)c1ccccc1Cl. The van der Waals surface area contributed by atoms with Gasteiger partial charge in [0.1, 0.15) is 6.04 Å². The molecule has 0 radical (unpaired) electrons. The molecule has 0 saturated carbocycles. The maximum Gasteiger partial charge on any atom is 0.224 e. The average Bonchev–Trinajstić information content (AvgIpc) is 2.87. The first-order valence-corrected chi connectivity index (χ1v) is 8.22. The normalized spacial score (nSPS) is 17.7. The number of carbonyl (C=O) groups excluding carboxylic acids is 2. The third-order valence-electron chi connectivity index (χ3n) is 4.44. The Labute approximate surface area is 145 Å². The summed E-state index contributed by atoms with van der Waals surface area (Å²) in [5.41, 5.74) is 1.92. The van der Waals surface area contributed by atoms with Gasteiger partial charge in [-0.3, -0.25) is 9.59 Å². The van der Waals surface area contributed by atoms with Gasteiger partial charge in [0.05, 0.1) is 5.69 Å². The fraction of sp³-hybridized carbons (Fsp3) is 0.263. The quantitative estimate of drug-likeness (QED) is 0.925. The van der Waals surface area contributed by atoms with E-state index in [0.29, 0.717) is 22.7 Å².